The molecule has 0 radical (unpaired) electrons. The Morgan fingerprint density at radius 2 is 2.11 bits per heavy atom. The van der Waals surface area contributed by atoms with Gasteiger partial charge in [0.15, 0.2) is 5.82 Å². The first-order chi connectivity index (χ1) is 9.25. The third kappa shape index (κ3) is 2.36. The van der Waals surface area contributed by atoms with E-state index in [9.17, 15) is 0 Å². The van der Waals surface area contributed by atoms with Gasteiger partial charge in [0.05, 0.1) is 0 Å². The summed E-state index contributed by atoms with van der Waals surface area (Å²) in [6, 6.07) is 10.7. The van der Waals surface area contributed by atoms with Crippen LogP contribution in [0.4, 0.5) is 5.82 Å². The maximum Gasteiger partial charge on any atom is 0.158 e. The number of nitrogens with zero attached hydrogens (tertiary/aromatic N) is 2. The van der Waals surface area contributed by atoms with Gasteiger partial charge in [0, 0.05) is 30.4 Å². The first-order valence-electron chi connectivity index (χ1n) is 6.86. The smallest absolute Gasteiger partial charge is 0.158 e. The zero-order chi connectivity index (χ0) is 13.2. The standard InChI is InChI=1S/C15H20N4/c1-11-14(12-6-3-2-4-7-12)15(18-17-11)19-9-5-8-13(16)10-19/h2-4,6-7,13H,5,8-10,16H2,1H3,(H,17,18). The number of aromatic amines is 1. The van der Waals surface area contributed by atoms with Crippen LogP contribution in [0.5, 0.6) is 0 Å². The summed E-state index contributed by atoms with van der Waals surface area (Å²) in [5.41, 5.74) is 9.60. The van der Waals surface area contributed by atoms with Crippen LogP contribution in [-0.4, -0.2) is 29.3 Å². The van der Waals surface area contributed by atoms with Gasteiger partial charge >= 0.3 is 0 Å². The van der Waals surface area contributed by atoms with Crippen molar-refractivity contribution < 1.29 is 0 Å². The van der Waals surface area contributed by atoms with Gasteiger partial charge in [0.1, 0.15) is 0 Å². The Morgan fingerprint density at radius 3 is 2.84 bits per heavy atom. The van der Waals surface area contributed by atoms with Gasteiger partial charge in [-0.25, -0.2) is 0 Å². The summed E-state index contributed by atoms with van der Waals surface area (Å²) in [5, 5.41) is 7.61. The molecule has 1 aliphatic heterocycles. The molecule has 0 bridgehead atoms. The topological polar surface area (TPSA) is 57.9 Å². The fourth-order valence-electron chi connectivity index (χ4n) is 2.80. The zero-order valence-corrected chi connectivity index (χ0v) is 11.3. The molecule has 1 aromatic heterocycles. The molecular formula is C15H20N4. The first kappa shape index (κ1) is 12.2. The molecular weight excluding hydrogens is 236 g/mol. The monoisotopic (exact) mass is 256 g/mol. The second-order valence-electron chi connectivity index (χ2n) is 5.26. The van der Waals surface area contributed by atoms with Crippen LogP contribution in [0.1, 0.15) is 18.5 Å². The maximum atomic E-state index is 6.08. The van der Waals surface area contributed by atoms with Gasteiger partial charge in [-0.2, -0.15) is 5.10 Å². The Balaban J connectivity index is 1.99. The van der Waals surface area contributed by atoms with Crippen LogP contribution in [0.2, 0.25) is 0 Å². The highest BCUT2D eigenvalue weighted by Crippen LogP contribution is 2.32. The van der Waals surface area contributed by atoms with Gasteiger partial charge in [0.2, 0.25) is 0 Å². The molecule has 1 saturated heterocycles. The van der Waals surface area contributed by atoms with E-state index in [1.807, 2.05) is 6.07 Å². The number of rotatable bonds is 2. The van der Waals surface area contributed by atoms with Crippen molar-refractivity contribution in [2.45, 2.75) is 25.8 Å². The third-order valence-corrected chi connectivity index (χ3v) is 3.75. The summed E-state index contributed by atoms with van der Waals surface area (Å²) in [5.74, 6) is 1.04. The summed E-state index contributed by atoms with van der Waals surface area (Å²) >= 11 is 0. The Kier molecular flexibility index (Phi) is 3.25. The molecule has 1 aromatic carbocycles. The number of benzene rings is 1. The zero-order valence-electron chi connectivity index (χ0n) is 11.3. The molecule has 0 saturated carbocycles. The van der Waals surface area contributed by atoms with E-state index in [-0.39, 0.29) is 6.04 Å². The van der Waals surface area contributed by atoms with Crippen molar-refractivity contribution in [1.29, 1.82) is 0 Å². The summed E-state index contributed by atoms with van der Waals surface area (Å²) in [7, 11) is 0. The highest BCUT2D eigenvalue weighted by atomic mass is 15.3. The minimum absolute atomic E-state index is 0.259. The van der Waals surface area contributed by atoms with E-state index in [1.54, 1.807) is 0 Å². The van der Waals surface area contributed by atoms with E-state index < -0.39 is 0 Å². The molecule has 0 aliphatic carbocycles. The lowest BCUT2D eigenvalue weighted by Gasteiger charge is -2.31. The lowest BCUT2D eigenvalue weighted by Crippen LogP contribution is -2.43. The van der Waals surface area contributed by atoms with Crippen LogP contribution in [0.3, 0.4) is 0 Å². The minimum Gasteiger partial charge on any atom is -0.353 e. The molecule has 4 heteroatoms. The van der Waals surface area contributed by atoms with Crippen molar-refractivity contribution >= 4 is 5.82 Å². The van der Waals surface area contributed by atoms with Gasteiger partial charge in [-0.1, -0.05) is 30.3 Å². The predicted molar refractivity (Wildman–Crippen MR) is 78.2 cm³/mol. The minimum atomic E-state index is 0.259. The third-order valence-electron chi connectivity index (χ3n) is 3.75. The lowest BCUT2D eigenvalue weighted by atomic mass is 10.0. The van der Waals surface area contributed by atoms with Crippen molar-refractivity contribution in [3.63, 3.8) is 0 Å². The van der Waals surface area contributed by atoms with Crippen molar-refractivity contribution in [3.8, 4) is 11.1 Å². The summed E-state index contributed by atoms with van der Waals surface area (Å²) in [6.07, 6.45) is 2.25. The molecule has 1 fully saturated rings. The summed E-state index contributed by atoms with van der Waals surface area (Å²) in [6.45, 7) is 4.00. The van der Waals surface area contributed by atoms with E-state index in [1.165, 1.54) is 11.1 Å². The normalized spacial score (nSPS) is 19.7. The second-order valence-corrected chi connectivity index (χ2v) is 5.26. The Labute approximate surface area is 113 Å². The van der Waals surface area contributed by atoms with Crippen molar-refractivity contribution in [1.82, 2.24) is 10.2 Å². The fraction of sp³-hybridized carbons (Fsp3) is 0.400. The van der Waals surface area contributed by atoms with E-state index in [4.69, 9.17) is 5.73 Å². The van der Waals surface area contributed by atoms with E-state index >= 15 is 0 Å². The van der Waals surface area contributed by atoms with Crippen LogP contribution in [0.25, 0.3) is 11.1 Å². The Bertz CT molecular complexity index is 547. The number of aryl methyl sites for hydroxylation is 1. The number of anilines is 1. The number of hydrogen-bond acceptors (Lipinski definition) is 3. The average Bonchev–Trinajstić information content (AvgIpc) is 2.82. The van der Waals surface area contributed by atoms with Gasteiger partial charge in [0.25, 0.3) is 0 Å². The molecule has 100 valence electrons. The van der Waals surface area contributed by atoms with Crippen molar-refractivity contribution in [3.05, 3.63) is 36.0 Å². The molecule has 3 N–H and O–H groups in total. The number of piperidine rings is 1. The number of hydrogen-bond donors (Lipinski definition) is 2. The van der Waals surface area contributed by atoms with Crippen LogP contribution < -0.4 is 10.6 Å². The average molecular weight is 256 g/mol. The lowest BCUT2D eigenvalue weighted by molar-refractivity contribution is 0.503. The molecule has 1 aliphatic rings. The molecule has 3 rings (SSSR count). The Morgan fingerprint density at radius 1 is 1.32 bits per heavy atom. The summed E-state index contributed by atoms with van der Waals surface area (Å²) < 4.78 is 0. The molecule has 2 aromatic rings. The van der Waals surface area contributed by atoms with Gasteiger partial charge < -0.3 is 10.6 Å². The molecule has 2 heterocycles. The van der Waals surface area contributed by atoms with Crippen molar-refractivity contribution in [2.75, 3.05) is 18.0 Å². The number of nitrogens with two attached hydrogens (primary N) is 1. The van der Waals surface area contributed by atoms with Crippen LogP contribution in [0, 0.1) is 6.92 Å². The summed E-state index contributed by atoms with van der Waals surface area (Å²) in [4.78, 5) is 2.31. The van der Waals surface area contributed by atoms with Gasteiger partial charge in [-0.05, 0) is 25.3 Å². The first-order valence-corrected chi connectivity index (χ1v) is 6.86. The van der Waals surface area contributed by atoms with E-state index in [2.05, 4.69) is 46.3 Å². The molecule has 4 nitrogen and oxygen atoms in total. The SMILES string of the molecule is Cc1[nH]nc(N2CCCC(N)C2)c1-c1ccccc1. The number of nitrogens with one attached hydrogen (secondary N) is 1. The van der Waals surface area contributed by atoms with Crippen LogP contribution >= 0.6 is 0 Å². The molecule has 1 unspecified atom stereocenters. The maximum absolute atomic E-state index is 6.08. The molecule has 0 amide bonds. The fourth-order valence-corrected chi connectivity index (χ4v) is 2.80. The largest absolute Gasteiger partial charge is 0.353 e. The Hall–Kier alpha value is -1.81. The quantitative estimate of drug-likeness (QED) is 0.867. The predicted octanol–water partition coefficient (Wildman–Crippen LogP) is 2.31. The second kappa shape index (κ2) is 5.05. The number of H-pyrrole nitrogens is 1. The van der Waals surface area contributed by atoms with Gasteiger partial charge in [-0.15, -0.1) is 0 Å². The molecule has 1 atom stereocenters. The molecule has 0 spiro atoms. The highest BCUT2D eigenvalue weighted by molar-refractivity contribution is 5.78. The van der Waals surface area contributed by atoms with E-state index in [0.717, 1.165) is 37.4 Å². The number of aromatic nitrogens is 2. The molecule has 19 heavy (non-hydrogen) atoms. The van der Waals surface area contributed by atoms with Crippen LogP contribution in [0.15, 0.2) is 30.3 Å². The van der Waals surface area contributed by atoms with Crippen molar-refractivity contribution in [2.24, 2.45) is 5.73 Å². The van der Waals surface area contributed by atoms with E-state index in [0.29, 0.717) is 0 Å². The highest BCUT2D eigenvalue weighted by Gasteiger charge is 2.23. The van der Waals surface area contributed by atoms with Crippen LogP contribution in [-0.2, 0) is 0 Å². The van der Waals surface area contributed by atoms with Gasteiger partial charge in [-0.3, -0.25) is 5.10 Å².